The Balaban J connectivity index is 4.20. The summed E-state index contributed by atoms with van der Waals surface area (Å²) in [5, 5.41) is 0. The van der Waals surface area contributed by atoms with Gasteiger partial charge >= 0.3 is 0 Å². The summed E-state index contributed by atoms with van der Waals surface area (Å²) >= 11 is 0. The molecule has 0 spiro atoms. The van der Waals surface area contributed by atoms with Crippen molar-refractivity contribution in [1.29, 1.82) is 0 Å². The van der Waals surface area contributed by atoms with Crippen molar-refractivity contribution < 1.29 is 0 Å². The third kappa shape index (κ3) is 3.28. The molecule has 58 valence electrons. The van der Waals surface area contributed by atoms with Crippen LogP contribution in [0.4, 0.5) is 0 Å². The fraction of sp³-hybridized carbons (Fsp3) is 0.625. The van der Waals surface area contributed by atoms with Crippen molar-refractivity contribution in [3.63, 3.8) is 0 Å². The highest BCUT2D eigenvalue weighted by atomic mass is 14.7. The third-order valence-electron chi connectivity index (χ3n) is 1.27. The van der Waals surface area contributed by atoms with Crippen LogP contribution in [0.5, 0.6) is 0 Å². The summed E-state index contributed by atoms with van der Waals surface area (Å²) in [6, 6.07) is 0. The van der Waals surface area contributed by atoms with E-state index in [4.69, 9.17) is 5.73 Å². The van der Waals surface area contributed by atoms with Crippen molar-refractivity contribution in [2.45, 2.75) is 20.8 Å². The van der Waals surface area contributed by atoms with Crippen LogP contribution in [0.15, 0.2) is 16.8 Å². The SMILES string of the molecule is CN=C/C=C(\N)C(C)(C)C. The fourth-order valence-corrected chi connectivity index (χ4v) is 0.405. The van der Waals surface area contributed by atoms with Crippen LogP contribution >= 0.6 is 0 Å². The molecule has 0 aromatic heterocycles. The molecule has 0 aromatic rings. The molecule has 0 unspecified atom stereocenters. The number of nitrogens with two attached hydrogens (primary N) is 1. The van der Waals surface area contributed by atoms with E-state index >= 15 is 0 Å². The molecule has 0 rings (SSSR count). The molecule has 0 aliphatic heterocycles. The highest BCUT2D eigenvalue weighted by Gasteiger charge is 2.11. The molecule has 2 N–H and O–H groups in total. The van der Waals surface area contributed by atoms with Crippen LogP contribution < -0.4 is 5.73 Å². The quantitative estimate of drug-likeness (QED) is 0.552. The zero-order valence-corrected chi connectivity index (χ0v) is 7.18. The summed E-state index contributed by atoms with van der Waals surface area (Å²) in [5.41, 5.74) is 6.62. The second kappa shape index (κ2) is 3.40. The number of hydrogen-bond acceptors (Lipinski definition) is 2. The molecule has 0 aliphatic carbocycles. The van der Waals surface area contributed by atoms with E-state index < -0.39 is 0 Å². The van der Waals surface area contributed by atoms with Gasteiger partial charge in [-0.3, -0.25) is 4.99 Å². The lowest BCUT2D eigenvalue weighted by Crippen LogP contribution is -2.16. The van der Waals surface area contributed by atoms with Gasteiger partial charge in [0.05, 0.1) is 0 Å². The van der Waals surface area contributed by atoms with E-state index in [9.17, 15) is 0 Å². The van der Waals surface area contributed by atoms with Crippen molar-refractivity contribution >= 4 is 6.21 Å². The summed E-state index contributed by atoms with van der Waals surface area (Å²) in [4.78, 5) is 3.81. The molecule has 0 amide bonds. The molecule has 2 heteroatoms. The summed E-state index contributed by atoms with van der Waals surface area (Å²) in [7, 11) is 1.73. The van der Waals surface area contributed by atoms with Crippen LogP contribution in [-0.4, -0.2) is 13.3 Å². The summed E-state index contributed by atoms with van der Waals surface area (Å²) < 4.78 is 0. The van der Waals surface area contributed by atoms with Gasteiger partial charge in [-0.2, -0.15) is 0 Å². The smallest absolute Gasteiger partial charge is 0.0277 e. The van der Waals surface area contributed by atoms with Gasteiger partial charge in [-0.15, -0.1) is 0 Å². The first-order valence-electron chi connectivity index (χ1n) is 3.37. The minimum Gasteiger partial charge on any atom is -0.402 e. The Hall–Kier alpha value is -0.790. The van der Waals surface area contributed by atoms with E-state index in [1.165, 1.54) is 0 Å². The van der Waals surface area contributed by atoms with Gasteiger partial charge in [0.25, 0.3) is 0 Å². The van der Waals surface area contributed by atoms with Gasteiger partial charge in [0.1, 0.15) is 0 Å². The number of aliphatic imine (C=N–C) groups is 1. The molecule has 0 aromatic carbocycles. The zero-order chi connectivity index (χ0) is 8.20. The van der Waals surface area contributed by atoms with Gasteiger partial charge in [0, 0.05) is 24.4 Å². The molecule has 0 saturated carbocycles. The largest absolute Gasteiger partial charge is 0.402 e. The standard InChI is InChI=1S/C8H16N2/c1-8(2,3)7(9)5-6-10-4/h5-6H,9H2,1-4H3/b7-5-,10-6?. The van der Waals surface area contributed by atoms with Crippen LogP contribution in [0, 0.1) is 5.41 Å². The third-order valence-corrected chi connectivity index (χ3v) is 1.27. The van der Waals surface area contributed by atoms with E-state index in [1.54, 1.807) is 13.3 Å². The molecule has 0 heterocycles. The predicted octanol–water partition coefficient (Wildman–Crippen LogP) is 1.58. The number of rotatable bonds is 1. The Labute approximate surface area is 62.8 Å². The molecule has 10 heavy (non-hydrogen) atoms. The summed E-state index contributed by atoms with van der Waals surface area (Å²) in [5.74, 6) is 0. The highest BCUT2D eigenvalue weighted by Crippen LogP contribution is 2.19. The molecular weight excluding hydrogens is 124 g/mol. The highest BCUT2D eigenvalue weighted by molar-refractivity contribution is 5.71. The maximum absolute atomic E-state index is 5.71. The van der Waals surface area contributed by atoms with E-state index in [1.807, 2.05) is 6.08 Å². The monoisotopic (exact) mass is 140 g/mol. The van der Waals surface area contributed by atoms with Gasteiger partial charge < -0.3 is 5.73 Å². The van der Waals surface area contributed by atoms with Crippen LogP contribution in [-0.2, 0) is 0 Å². The lowest BCUT2D eigenvalue weighted by Gasteiger charge is -2.17. The van der Waals surface area contributed by atoms with Crippen molar-refractivity contribution in [2.24, 2.45) is 16.1 Å². The Morgan fingerprint density at radius 3 is 2.20 bits per heavy atom. The van der Waals surface area contributed by atoms with Gasteiger partial charge in [0.2, 0.25) is 0 Å². The maximum atomic E-state index is 5.71. The first-order chi connectivity index (χ1) is 4.48. The van der Waals surface area contributed by atoms with Gasteiger partial charge in [0.15, 0.2) is 0 Å². The number of nitrogens with zero attached hydrogens (tertiary/aromatic N) is 1. The second-order valence-corrected chi connectivity index (χ2v) is 3.28. The molecular formula is C8H16N2. The van der Waals surface area contributed by atoms with E-state index in [-0.39, 0.29) is 5.41 Å². The summed E-state index contributed by atoms with van der Waals surface area (Å²) in [6.45, 7) is 6.22. The van der Waals surface area contributed by atoms with Crippen LogP contribution in [0.2, 0.25) is 0 Å². The van der Waals surface area contributed by atoms with Crippen molar-refractivity contribution in [3.05, 3.63) is 11.8 Å². The molecule has 0 atom stereocenters. The topological polar surface area (TPSA) is 38.4 Å². The maximum Gasteiger partial charge on any atom is 0.0277 e. The Kier molecular flexibility index (Phi) is 3.13. The minimum atomic E-state index is 0.0567. The number of hydrogen-bond donors (Lipinski definition) is 1. The zero-order valence-electron chi connectivity index (χ0n) is 7.18. The van der Waals surface area contributed by atoms with Crippen molar-refractivity contribution in [1.82, 2.24) is 0 Å². The second-order valence-electron chi connectivity index (χ2n) is 3.28. The predicted molar refractivity (Wildman–Crippen MR) is 46.1 cm³/mol. The molecule has 0 radical (unpaired) electrons. The average Bonchev–Trinajstić information content (AvgIpc) is 1.80. The van der Waals surface area contributed by atoms with E-state index in [0.29, 0.717) is 0 Å². The van der Waals surface area contributed by atoms with E-state index in [0.717, 1.165) is 5.70 Å². The van der Waals surface area contributed by atoms with Gasteiger partial charge in [-0.25, -0.2) is 0 Å². The normalized spacial score (nSPS) is 14.6. The molecule has 0 bridgehead atoms. The van der Waals surface area contributed by atoms with Gasteiger partial charge in [-0.05, 0) is 6.08 Å². The lowest BCUT2D eigenvalue weighted by atomic mass is 9.92. The summed E-state index contributed by atoms with van der Waals surface area (Å²) in [6.07, 6.45) is 3.54. The van der Waals surface area contributed by atoms with Crippen molar-refractivity contribution in [3.8, 4) is 0 Å². The van der Waals surface area contributed by atoms with E-state index in [2.05, 4.69) is 25.8 Å². The van der Waals surface area contributed by atoms with Crippen LogP contribution in [0.3, 0.4) is 0 Å². The number of allylic oxidation sites excluding steroid dienone is 2. The fourth-order valence-electron chi connectivity index (χ4n) is 0.405. The molecule has 0 fully saturated rings. The molecule has 0 saturated heterocycles. The minimum absolute atomic E-state index is 0.0567. The molecule has 2 nitrogen and oxygen atoms in total. The lowest BCUT2D eigenvalue weighted by molar-refractivity contribution is 0.498. The first-order valence-corrected chi connectivity index (χ1v) is 3.37. The Bertz CT molecular complexity index is 149. The first kappa shape index (κ1) is 9.21. The van der Waals surface area contributed by atoms with Gasteiger partial charge in [-0.1, -0.05) is 20.8 Å². The molecule has 0 aliphatic rings. The Morgan fingerprint density at radius 1 is 1.40 bits per heavy atom. The van der Waals surface area contributed by atoms with Crippen LogP contribution in [0.1, 0.15) is 20.8 Å². The van der Waals surface area contributed by atoms with Crippen molar-refractivity contribution in [2.75, 3.05) is 7.05 Å². The van der Waals surface area contributed by atoms with Crippen LogP contribution in [0.25, 0.3) is 0 Å². The Morgan fingerprint density at radius 2 is 1.90 bits per heavy atom. The average molecular weight is 140 g/mol.